The fraction of sp³-hybridized carbons (Fsp3) is 0. The van der Waals surface area contributed by atoms with Gasteiger partial charge in [0.15, 0.2) is 12.1 Å². The second-order valence-corrected chi connectivity index (χ2v) is 2.62. The summed E-state index contributed by atoms with van der Waals surface area (Å²) in [6, 6.07) is 3.19. The SMILES string of the molecule is O=[N+]([O-])c1ccc(-n2ncnn2)c(F)c1. The number of rotatable bonds is 2. The van der Waals surface area contributed by atoms with Crippen LogP contribution in [0.15, 0.2) is 24.5 Å². The Kier molecular flexibility index (Phi) is 2.08. The van der Waals surface area contributed by atoms with Crippen molar-refractivity contribution < 1.29 is 9.31 Å². The van der Waals surface area contributed by atoms with Crippen molar-refractivity contribution in [3.63, 3.8) is 0 Å². The molecule has 0 atom stereocenters. The van der Waals surface area contributed by atoms with Gasteiger partial charge in [0.05, 0.1) is 11.0 Å². The van der Waals surface area contributed by atoms with Gasteiger partial charge in [-0.05, 0) is 11.3 Å². The first-order chi connectivity index (χ1) is 7.18. The van der Waals surface area contributed by atoms with Gasteiger partial charge in [-0.2, -0.15) is 0 Å². The quantitative estimate of drug-likeness (QED) is 0.536. The summed E-state index contributed by atoms with van der Waals surface area (Å²) in [6.07, 6.45) is 1.14. The van der Waals surface area contributed by atoms with Gasteiger partial charge in [0.25, 0.3) is 5.69 Å². The number of tetrazole rings is 1. The highest BCUT2D eigenvalue weighted by atomic mass is 19.1. The summed E-state index contributed by atoms with van der Waals surface area (Å²) in [5.74, 6) is -0.776. The van der Waals surface area contributed by atoms with Crippen molar-refractivity contribution in [1.82, 2.24) is 20.2 Å². The van der Waals surface area contributed by atoms with E-state index in [1.54, 1.807) is 0 Å². The topological polar surface area (TPSA) is 86.7 Å². The maximum atomic E-state index is 13.3. The third-order valence-corrected chi connectivity index (χ3v) is 1.71. The molecule has 0 unspecified atom stereocenters. The molecule has 0 fully saturated rings. The van der Waals surface area contributed by atoms with E-state index in [4.69, 9.17) is 0 Å². The van der Waals surface area contributed by atoms with Crippen LogP contribution in [0, 0.1) is 15.9 Å². The van der Waals surface area contributed by atoms with Crippen molar-refractivity contribution in [2.75, 3.05) is 0 Å². The van der Waals surface area contributed by atoms with Gasteiger partial charge in [0, 0.05) is 6.07 Å². The van der Waals surface area contributed by atoms with Gasteiger partial charge in [-0.1, -0.05) is 0 Å². The van der Waals surface area contributed by atoms with Crippen LogP contribution < -0.4 is 0 Å². The van der Waals surface area contributed by atoms with Crippen molar-refractivity contribution in [1.29, 1.82) is 0 Å². The van der Waals surface area contributed by atoms with Crippen LogP contribution in [0.1, 0.15) is 0 Å². The summed E-state index contributed by atoms with van der Waals surface area (Å²) in [6.45, 7) is 0. The first kappa shape index (κ1) is 9.19. The van der Waals surface area contributed by atoms with Crippen LogP contribution in [0.25, 0.3) is 5.69 Å². The molecule has 7 nitrogen and oxygen atoms in total. The van der Waals surface area contributed by atoms with Crippen molar-refractivity contribution in [2.24, 2.45) is 0 Å². The third kappa shape index (κ3) is 1.64. The molecule has 0 aliphatic rings. The Balaban J connectivity index is 2.48. The minimum Gasteiger partial charge on any atom is -0.258 e. The highest BCUT2D eigenvalue weighted by molar-refractivity contribution is 5.40. The van der Waals surface area contributed by atoms with Gasteiger partial charge in [-0.25, -0.2) is 4.39 Å². The number of nitro groups is 1. The molecular weight excluding hydrogens is 205 g/mol. The molecule has 76 valence electrons. The minimum absolute atomic E-state index is 0.0121. The highest BCUT2D eigenvalue weighted by Crippen LogP contribution is 2.17. The van der Waals surface area contributed by atoms with Crippen LogP contribution in [-0.2, 0) is 0 Å². The fourth-order valence-corrected chi connectivity index (χ4v) is 1.05. The van der Waals surface area contributed by atoms with E-state index in [1.807, 2.05) is 0 Å². The molecule has 15 heavy (non-hydrogen) atoms. The molecule has 0 aliphatic carbocycles. The molecule has 0 radical (unpaired) electrons. The van der Waals surface area contributed by atoms with Gasteiger partial charge in [-0.15, -0.1) is 15.0 Å². The molecule has 1 aromatic carbocycles. The van der Waals surface area contributed by atoms with E-state index >= 15 is 0 Å². The van der Waals surface area contributed by atoms with Gasteiger partial charge in [-0.3, -0.25) is 10.1 Å². The summed E-state index contributed by atoms with van der Waals surface area (Å²) >= 11 is 0. The molecule has 2 rings (SSSR count). The molecule has 2 aromatic rings. The molecule has 1 aromatic heterocycles. The lowest BCUT2D eigenvalue weighted by molar-refractivity contribution is -0.385. The Bertz CT molecular complexity index is 498. The van der Waals surface area contributed by atoms with Crippen molar-refractivity contribution in [3.8, 4) is 5.69 Å². The van der Waals surface area contributed by atoms with E-state index in [0.717, 1.165) is 17.2 Å². The summed E-state index contributed by atoms with van der Waals surface area (Å²) in [7, 11) is 0. The van der Waals surface area contributed by atoms with Crippen LogP contribution in [-0.4, -0.2) is 25.1 Å². The zero-order chi connectivity index (χ0) is 10.8. The molecule has 0 bridgehead atoms. The number of nitrogens with zero attached hydrogens (tertiary/aromatic N) is 5. The van der Waals surface area contributed by atoms with E-state index in [9.17, 15) is 14.5 Å². The maximum absolute atomic E-state index is 13.3. The molecule has 8 heteroatoms. The van der Waals surface area contributed by atoms with Crippen LogP contribution in [0.3, 0.4) is 0 Å². The first-order valence-corrected chi connectivity index (χ1v) is 3.86. The van der Waals surface area contributed by atoms with Gasteiger partial charge >= 0.3 is 0 Å². The standard InChI is InChI=1S/C7H4FN5O2/c8-6-3-5(13(14)15)1-2-7(6)12-10-4-9-11-12/h1-4H. The Labute approximate surface area is 82.3 Å². The monoisotopic (exact) mass is 209 g/mol. The normalized spacial score (nSPS) is 10.2. The van der Waals surface area contributed by atoms with E-state index in [2.05, 4.69) is 15.4 Å². The minimum atomic E-state index is -0.776. The maximum Gasteiger partial charge on any atom is 0.272 e. The fourth-order valence-electron chi connectivity index (χ4n) is 1.05. The Morgan fingerprint density at radius 1 is 1.47 bits per heavy atom. The number of benzene rings is 1. The molecule has 0 saturated heterocycles. The van der Waals surface area contributed by atoms with E-state index in [-0.39, 0.29) is 11.4 Å². The molecule has 0 amide bonds. The second kappa shape index (κ2) is 3.40. The Morgan fingerprint density at radius 3 is 2.80 bits per heavy atom. The molecular formula is C7H4FN5O2. The lowest BCUT2D eigenvalue weighted by Gasteiger charge is -1.99. The number of non-ortho nitro benzene ring substituents is 1. The predicted octanol–water partition coefficient (Wildman–Crippen LogP) is 0.710. The zero-order valence-electron chi connectivity index (χ0n) is 7.24. The smallest absolute Gasteiger partial charge is 0.258 e. The van der Waals surface area contributed by atoms with Crippen LogP contribution in [0.4, 0.5) is 10.1 Å². The molecule has 0 N–H and O–H groups in total. The first-order valence-electron chi connectivity index (χ1n) is 3.86. The Morgan fingerprint density at radius 2 is 2.27 bits per heavy atom. The molecule has 1 heterocycles. The predicted molar refractivity (Wildman–Crippen MR) is 45.8 cm³/mol. The summed E-state index contributed by atoms with van der Waals surface area (Å²) < 4.78 is 13.3. The highest BCUT2D eigenvalue weighted by Gasteiger charge is 2.12. The third-order valence-electron chi connectivity index (χ3n) is 1.71. The number of hydrogen-bond donors (Lipinski definition) is 0. The van der Waals surface area contributed by atoms with Crippen LogP contribution in [0.2, 0.25) is 0 Å². The second-order valence-electron chi connectivity index (χ2n) is 2.62. The lowest BCUT2D eigenvalue weighted by atomic mass is 10.3. The average Bonchev–Trinajstić information content (AvgIpc) is 2.70. The van der Waals surface area contributed by atoms with Crippen molar-refractivity contribution in [2.45, 2.75) is 0 Å². The summed E-state index contributed by atoms with van der Waals surface area (Å²) in [4.78, 5) is 10.6. The molecule has 0 saturated carbocycles. The molecule has 0 aliphatic heterocycles. The number of nitro benzene ring substituents is 1. The largest absolute Gasteiger partial charge is 0.272 e. The van der Waals surface area contributed by atoms with E-state index < -0.39 is 10.7 Å². The van der Waals surface area contributed by atoms with Crippen LogP contribution >= 0.6 is 0 Å². The average molecular weight is 209 g/mol. The Hall–Kier alpha value is -2.38. The number of hydrogen-bond acceptors (Lipinski definition) is 5. The lowest BCUT2D eigenvalue weighted by Crippen LogP contribution is -2.02. The van der Waals surface area contributed by atoms with Crippen LogP contribution in [0.5, 0.6) is 0 Å². The molecule has 0 spiro atoms. The number of aromatic nitrogens is 4. The van der Waals surface area contributed by atoms with Crippen molar-refractivity contribution in [3.05, 3.63) is 40.5 Å². The van der Waals surface area contributed by atoms with E-state index in [0.29, 0.717) is 0 Å². The summed E-state index contributed by atoms with van der Waals surface area (Å²) in [5, 5.41) is 20.8. The van der Waals surface area contributed by atoms with Gasteiger partial charge < -0.3 is 0 Å². The van der Waals surface area contributed by atoms with Gasteiger partial charge in [0.1, 0.15) is 5.69 Å². The summed E-state index contributed by atoms with van der Waals surface area (Å²) in [5.41, 5.74) is -0.311. The van der Waals surface area contributed by atoms with Gasteiger partial charge in [0.2, 0.25) is 0 Å². The zero-order valence-corrected chi connectivity index (χ0v) is 7.24. The van der Waals surface area contributed by atoms with Crippen molar-refractivity contribution >= 4 is 5.69 Å². The van der Waals surface area contributed by atoms with E-state index in [1.165, 1.54) is 12.1 Å². The number of halogens is 1.